The molecule has 2 aromatic carbocycles. The summed E-state index contributed by atoms with van der Waals surface area (Å²) in [5, 5.41) is 5.55. The standard InChI is InChI=1S/C28H37N3O4/c1-8-16-31(23(32)18-29-27(34)35-28(5,6)7)25(22-15-11-14-21(9-2)17-22)26(33)30-24-19(3)12-10-13-20(24)4/h9-15,17,25H,2,8,16,18H2,1,3-7H3,(H,29,34)(H,30,33). The molecule has 35 heavy (non-hydrogen) atoms. The van der Waals surface area contributed by atoms with Crippen LogP contribution in [-0.2, 0) is 14.3 Å². The summed E-state index contributed by atoms with van der Waals surface area (Å²) in [6.07, 6.45) is 1.64. The highest BCUT2D eigenvalue weighted by Gasteiger charge is 2.32. The zero-order valence-electron chi connectivity index (χ0n) is 21.6. The molecule has 0 heterocycles. The number of alkyl carbamates (subject to hydrolysis) is 1. The average Bonchev–Trinajstić information content (AvgIpc) is 2.78. The normalized spacial score (nSPS) is 11.8. The van der Waals surface area contributed by atoms with Crippen molar-refractivity contribution in [3.8, 4) is 0 Å². The topological polar surface area (TPSA) is 87.7 Å². The van der Waals surface area contributed by atoms with Crippen LogP contribution < -0.4 is 10.6 Å². The van der Waals surface area contributed by atoms with Gasteiger partial charge in [0.25, 0.3) is 5.91 Å². The van der Waals surface area contributed by atoms with Crippen molar-refractivity contribution in [2.24, 2.45) is 0 Å². The van der Waals surface area contributed by atoms with Crippen molar-refractivity contribution in [3.05, 3.63) is 71.3 Å². The van der Waals surface area contributed by atoms with Gasteiger partial charge in [0, 0.05) is 12.2 Å². The van der Waals surface area contributed by atoms with E-state index in [2.05, 4.69) is 17.2 Å². The third-order valence-electron chi connectivity index (χ3n) is 5.32. The quantitative estimate of drug-likeness (QED) is 0.505. The summed E-state index contributed by atoms with van der Waals surface area (Å²) < 4.78 is 5.24. The first-order chi connectivity index (χ1) is 16.5. The van der Waals surface area contributed by atoms with Crippen LogP contribution in [0, 0.1) is 13.8 Å². The molecule has 188 valence electrons. The second-order valence-electron chi connectivity index (χ2n) is 9.48. The Balaban J connectivity index is 2.41. The molecule has 0 saturated heterocycles. The predicted octanol–water partition coefficient (Wildman–Crippen LogP) is 5.39. The number of rotatable bonds is 9. The number of benzene rings is 2. The van der Waals surface area contributed by atoms with Gasteiger partial charge in [0.05, 0.1) is 0 Å². The highest BCUT2D eigenvalue weighted by molar-refractivity contribution is 5.99. The number of aryl methyl sites for hydroxylation is 2. The van der Waals surface area contributed by atoms with Crippen LogP contribution in [0.5, 0.6) is 0 Å². The van der Waals surface area contributed by atoms with Crippen LogP contribution in [-0.4, -0.2) is 41.5 Å². The van der Waals surface area contributed by atoms with E-state index in [1.807, 2.05) is 63.2 Å². The number of ether oxygens (including phenoxy) is 1. The lowest BCUT2D eigenvalue weighted by Crippen LogP contribution is -2.46. The van der Waals surface area contributed by atoms with E-state index in [-0.39, 0.29) is 18.4 Å². The Kier molecular flexibility index (Phi) is 9.63. The molecule has 0 aliphatic rings. The van der Waals surface area contributed by atoms with Crippen molar-refractivity contribution >= 4 is 29.7 Å². The number of hydrogen-bond acceptors (Lipinski definition) is 4. The number of anilines is 1. The molecule has 2 rings (SSSR count). The maximum absolute atomic E-state index is 13.7. The van der Waals surface area contributed by atoms with Crippen molar-refractivity contribution in [1.82, 2.24) is 10.2 Å². The van der Waals surface area contributed by atoms with Gasteiger partial charge in [0.2, 0.25) is 5.91 Å². The van der Waals surface area contributed by atoms with Crippen LogP contribution >= 0.6 is 0 Å². The number of para-hydroxylation sites is 1. The largest absolute Gasteiger partial charge is 0.444 e. The van der Waals surface area contributed by atoms with E-state index in [9.17, 15) is 14.4 Å². The molecule has 0 aliphatic heterocycles. The SMILES string of the molecule is C=Cc1cccc(C(C(=O)Nc2c(C)cccc2C)N(CCC)C(=O)CNC(=O)OC(C)(C)C)c1. The summed E-state index contributed by atoms with van der Waals surface area (Å²) >= 11 is 0. The van der Waals surface area contributed by atoms with Gasteiger partial charge in [-0.3, -0.25) is 9.59 Å². The zero-order valence-corrected chi connectivity index (χ0v) is 21.6. The Bertz CT molecular complexity index is 1050. The third-order valence-corrected chi connectivity index (χ3v) is 5.32. The molecule has 0 saturated carbocycles. The van der Waals surface area contributed by atoms with Crippen LogP contribution in [0.25, 0.3) is 6.08 Å². The first-order valence-electron chi connectivity index (χ1n) is 11.8. The Morgan fingerprint density at radius 1 is 1.09 bits per heavy atom. The molecule has 2 N–H and O–H groups in total. The van der Waals surface area contributed by atoms with Crippen LogP contribution in [0.2, 0.25) is 0 Å². The number of hydrogen-bond donors (Lipinski definition) is 2. The smallest absolute Gasteiger partial charge is 0.408 e. The van der Waals surface area contributed by atoms with Crippen molar-refractivity contribution in [3.63, 3.8) is 0 Å². The van der Waals surface area contributed by atoms with Crippen LogP contribution in [0.1, 0.15) is 62.4 Å². The van der Waals surface area contributed by atoms with Crippen LogP contribution in [0.4, 0.5) is 10.5 Å². The Morgan fingerprint density at radius 2 is 1.71 bits per heavy atom. The lowest BCUT2D eigenvalue weighted by molar-refractivity contribution is -0.138. The van der Waals surface area contributed by atoms with E-state index in [4.69, 9.17) is 4.74 Å². The van der Waals surface area contributed by atoms with Crippen molar-refractivity contribution < 1.29 is 19.1 Å². The van der Waals surface area contributed by atoms with Gasteiger partial charge in [-0.05, 0) is 69.4 Å². The highest BCUT2D eigenvalue weighted by Crippen LogP contribution is 2.27. The molecular formula is C28H37N3O4. The summed E-state index contributed by atoms with van der Waals surface area (Å²) in [7, 11) is 0. The number of amides is 3. The molecule has 7 nitrogen and oxygen atoms in total. The Labute approximate surface area is 208 Å². The van der Waals surface area contributed by atoms with Gasteiger partial charge in [-0.25, -0.2) is 4.79 Å². The lowest BCUT2D eigenvalue weighted by atomic mass is 10.00. The monoisotopic (exact) mass is 479 g/mol. The van der Waals surface area contributed by atoms with Crippen LogP contribution in [0.15, 0.2) is 49.0 Å². The van der Waals surface area contributed by atoms with Gasteiger partial charge in [-0.2, -0.15) is 0 Å². The van der Waals surface area contributed by atoms with Gasteiger partial charge >= 0.3 is 6.09 Å². The molecule has 0 fully saturated rings. The van der Waals surface area contributed by atoms with E-state index in [0.717, 1.165) is 22.4 Å². The average molecular weight is 480 g/mol. The summed E-state index contributed by atoms with van der Waals surface area (Å²) in [5.74, 6) is -0.717. The number of nitrogens with zero attached hydrogens (tertiary/aromatic N) is 1. The fraction of sp³-hybridized carbons (Fsp3) is 0.393. The number of nitrogens with one attached hydrogen (secondary N) is 2. The van der Waals surface area contributed by atoms with E-state index in [1.54, 1.807) is 26.8 Å². The van der Waals surface area contributed by atoms with E-state index < -0.39 is 17.7 Å². The molecule has 0 radical (unpaired) electrons. The van der Waals surface area contributed by atoms with E-state index in [0.29, 0.717) is 18.5 Å². The summed E-state index contributed by atoms with van der Waals surface area (Å²) in [4.78, 5) is 40.7. The second kappa shape index (κ2) is 12.2. The molecule has 0 aromatic heterocycles. The van der Waals surface area contributed by atoms with Gasteiger partial charge < -0.3 is 20.3 Å². The first kappa shape index (κ1) is 27.6. The maximum Gasteiger partial charge on any atom is 0.408 e. The summed E-state index contributed by atoms with van der Waals surface area (Å²) in [6.45, 7) is 14.9. The third kappa shape index (κ3) is 7.98. The molecule has 1 unspecified atom stereocenters. The summed E-state index contributed by atoms with van der Waals surface area (Å²) in [6, 6.07) is 12.3. The van der Waals surface area contributed by atoms with E-state index in [1.165, 1.54) is 4.90 Å². The van der Waals surface area contributed by atoms with Gasteiger partial charge in [0.15, 0.2) is 0 Å². The molecule has 0 aliphatic carbocycles. The number of carbonyl (C=O) groups is 3. The fourth-order valence-electron chi connectivity index (χ4n) is 3.73. The Hall–Kier alpha value is -3.61. The minimum absolute atomic E-state index is 0.288. The van der Waals surface area contributed by atoms with Crippen molar-refractivity contribution in [2.45, 2.75) is 59.6 Å². The van der Waals surface area contributed by atoms with Crippen LogP contribution in [0.3, 0.4) is 0 Å². The molecule has 2 aromatic rings. The maximum atomic E-state index is 13.7. The highest BCUT2D eigenvalue weighted by atomic mass is 16.6. The summed E-state index contributed by atoms with van der Waals surface area (Å²) in [5.41, 5.74) is 3.38. The molecule has 3 amide bonds. The molecule has 0 bridgehead atoms. The minimum atomic E-state index is -0.901. The molecule has 7 heteroatoms. The predicted molar refractivity (Wildman–Crippen MR) is 140 cm³/mol. The number of carbonyl (C=O) groups excluding carboxylic acids is 3. The molecule has 1 atom stereocenters. The van der Waals surface area contributed by atoms with Crippen molar-refractivity contribution in [2.75, 3.05) is 18.4 Å². The Morgan fingerprint density at radius 3 is 2.29 bits per heavy atom. The minimum Gasteiger partial charge on any atom is -0.444 e. The molecular weight excluding hydrogens is 442 g/mol. The fourth-order valence-corrected chi connectivity index (χ4v) is 3.73. The van der Waals surface area contributed by atoms with Gasteiger partial charge in [-0.15, -0.1) is 0 Å². The van der Waals surface area contributed by atoms with Gasteiger partial charge in [-0.1, -0.05) is 56.0 Å². The second-order valence-corrected chi connectivity index (χ2v) is 9.48. The lowest BCUT2D eigenvalue weighted by Gasteiger charge is -2.32. The van der Waals surface area contributed by atoms with Gasteiger partial charge in [0.1, 0.15) is 18.2 Å². The van der Waals surface area contributed by atoms with E-state index >= 15 is 0 Å². The first-order valence-corrected chi connectivity index (χ1v) is 11.8. The zero-order chi connectivity index (χ0) is 26.2. The van der Waals surface area contributed by atoms with Crippen molar-refractivity contribution in [1.29, 1.82) is 0 Å². The molecule has 0 spiro atoms.